The summed E-state index contributed by atoms with van der Waals surface area (Å²) >= 11 is 0. The molecule has 0 saturated carbocycles. The van der Waals surface area contributed by atoms with Crippen molar-refractivity contribution in [2.24, 2.45) is 0 Å². The van der Waals surface area contributed by atoms with Crippen molar-refractivity contribution in [3.05, 3.63) is 29.3 Å². The second kappa shape index (κ2) is 3.90. The standard InChI is InChI=1S/C11H13NO3/c1-14-9-4-3-8-5-6-12(15-2)11(13)10(8)7-9/h3-4,7H,5-6H2,1-2H3. The summed E-state index contributed by atoms with van der Waals surface area (Å²) in [6.45, 7) is 0.606. The van der Waals surface area contributed by atoms with Gasteiger partial charge >= 0.3 is 0 Å². The molecule has 2 rings (SSSR count). The minimum Gasteiger partial charge on any atom is -0.497 e. The predicted octanol–water partition coefficient (Wildman–Crippen LogP) is 1.25. The van der Waals surface area contributed by atoms with Crippen LogP contribution in [0.3, 0.4) is 0 Å². The number of hydroxylamine groups is 2. The van der Waals surface area contributed by atoms with Crippen LogP contribution >= 0.6 is 0 Å². The van der Waals surface area contributed by atoms with E-state index in [1.165, 1.54) is 12.2 Å². The Kier molecular flexibility index (Phi) is 2.60. The molecule has 1 aromatic rings. The highest BCUT2D eigenvalue weighted by atomic mass is 16.7. The smallest absolute Gasteiger partial charge is 0.277 e. The molecule has 0 aliphatic carbocycles. The van der Waals surface area contributed by atoms with Crippen LogP contribution in [0.5, 0.6) is 5.75 Å². The van der Waals surface area contributed by atoms with Crippen LogP contribution in [0.4, 0.5) is 0 Å². The number of rotatable bonds is 2. The van der Waals surface area contributed by atoms with E-state index in [9.17, 15) is 4.79 Å². The van der Waals surface area contributed by atoms with E-state index in [1.807, 2.05) is 12.1 Å². The van der Waals surface area contributed by atoms with E-state index in [4.69, 9.17) is 9.57 Å². The molecular weight excluding hydrogens is 194 g/mol. The van der Waals surface area contributed by atoms with Crippen molar-refractivity contribution < 1.29 is 14.4 Å². The van der Waals surface area contributed by atoms with E-state index in [1.54, 1.807) is 13.2 Å². The molecule has 0 radical (unpaired) electrons. The normalized spacial score (nSPS) is 15.1. The summed E-state index contributed by atoms with van der Waals surface area (Å²) in [5, 5.41) is 1.36. The first kappa shape index (κ1) is 9.98. The lowest BCUT2D eigenvalue weighted by Crippen LogP contribution is -2.36. The van der Waals surface area contributed by atoms with Gasteiger partial charge in [0.05, 0.1) is 20.8 Å². The minimum absolute atomic E-state index is 0.0994. The van der Waals surface area contributed by atoms with Crippen molar-refractivity contribution in [1.29, 1.82) is 0 Å². The van der Waals surface area contributed by atoms with Crippen LogP contribution in [0, 0.1) is 0 Å². The number of methoxy groups -OCH3 is 1. The predicted molar refractivity (Wildman–Crippen MR) is 54.7 cm³/mol. The molecule has 0 saturated heterocycles. The summed E-state index contributed by atoms with van der Waals surface area (Å²) in [7, 11) is 3.09. The van der Waals surface area contributed by atoms with Crippen molar-refractivity contribution in [3.63, 3.8) is 0 Å². The van der Waals surface area contributed by atoms with Crippen molar-refractivity contribution in [2.75, 3.05) is 20.8 Å². The van der Waals surface area contributed by atoms with Crippen LogP contribution in [0.1, 0.15) is 15.9 Å². The maximum Gasteiger partial charge on any atom is 0.277 e. The molecule has 1 amide bonds. The average Bonchev–Trinajstić information content (AvgIpc) is 2.29. The van der Waals surface area contributed by atoms with Gasteiger partial charge in [-0.1, -0.05) is 6.07 Å². The van der Waals surface area contributed by atoms with E-state index in [-0.39, 0.29) is 5.91 Å². The van der Waals surface area contributed by atoms with Gasteiger partial charge in [0.2, 0.25) is 0 Å². The Morgan fingerprint density at radius 2 is 2.13 bits per heavy atom. The quantitative estimate of drug-likeness (QED) is 0.732. The zero-order valence-corrected chi connectivity index (χ0v) is 8.82. The zero-order valence-electron chi connectivity index (χ0n) is 8.82. The number of carbonyl (C=O) groups excluding carboxylic acids is 1. The lowest BCUT2D eigenvalue weighted by atomic mass is 10.00. The van der Waals surface area contributed by atoms with Crippen LogP contribution in [-0.2, 0) is 11.3 Å². The molecule has 0 aromatic heterocycles. The summed E-state index contributed by atoms with van der Waals surface area (Å²) in [5.74, 6) is 0.595. The van der Waals surface area contributed by atoms with Gasteiger partial charge in [0.15, 0.2) is 0 Å². The topological polar surface area (TPSA) is 38.8 Å². The summed E-state index contributed by atoms with van der Waals surface area (Å²) in [5.41, 5.74) is 1.72. The van der Waals surface area contributed by atoms with Crippen LogP contribution < -0.4 is 4.74 Å². The number of amides is 1. The Balaban J connectivity index is 2.40. The Labute approximate surface area is 88.4 Å². The molecule has 0 spiro atoms. The molecule has 0 N–H and O–H groups in total. The molecule has 1 aliphatic heterocycles. The third-order valence-corrected chi connectivity index (χ3v) is 2.58. The van der Waals surface area contributed by atoms with Crippen molar-refractivity contribution in [1.82, 2.24) is 5.06 Å². The Hall–Kier alpha value is -1.55. The Morgan fingerprint density at radius 3 is 2.80 bits per heavy atom. The first-order chi connectivity index (χ1) is 7.26. The molecule has 0 bridgehead atoms. The van der Waals surface area contributed by atoms with Gasteiger partial charge in [-0.15, -0.1) is 0 Å². The van der Waals surface area contributed by atoms with Gasteiger partial charge in [0, 0.05) is 5.56 Å². The van der Waals surface area contributed by atoms with Crippen molar-refractivity contribution >= 4 is 5.91 Å². The van der Waals surface area contributed by atoms with Crippen LogP contribution in [0.25, 0.3) is 0 Å². The van der Waals surface area contributed by atoms with Crippen LogP contribution in [-0.4, -0.2) is 31.7 Å². The van der Waals surface area contributed by atoms with Crippen LogP contribution in [0.2, 0.25) is 0 Å². The monoisotopic (exact) mass is 207 g/mol. The molecule has 1 aromatic carbocycles. The first-order valence-corrected chi connectivity index (χ1v) is 4.79. The molecule has 80 valence electrons. The molecule has 0 atom stereocenters. The first-order valence-electron chi connectivity index (χ1n) is 4.79. The number of nitrogens with zero attached hydrogens (tertiary/aromatic N) is 1. The molecule has 1 aliphatic rings. The van der Waals surface area contributed by atoms with Gasteiger partial charge in [-0.25, -0.2) is 5.06 Å². The van der Waals surface area contributed by atoms with Gasteiger partial charge in [0.25, 0.3) is 5.91 Å². The van der Waals surface area contributed by atoms with Gasteiger partial charge in [-0.05, 0) is 24.1 Å². The molecule has 0 fully saturated rings. The molecular formula is C11H13NO3. The number of ether oxygens (including phenoxy) is 1. The summed E-state index contributed by atoms with van der Waals surface area (Å²) in [6, 6.07) is 5.55. The van der Waals surface area contributed by atoms with E-state index in [2.05, 4.69) is 0 Å². The number of carbonyl (C=O) groups is 1. The Morgan fingerprint density at radius 1 is 1.33 bits per heavy atom. The molecule has 15 heavy (non-hydrogen) atoms. The van der Waals surface area contributed by atoms with E-state index >= 15 is 0 Å². The molecule has 0 unspecified atom stereocenters. The second-order valence-corrected chi connectivity index (χ2v) is 3.36. The van der Waals surface area contributed by atoms with Gasteiger partial charge < -0.3 is 4.74 Å². The number of hydrogen-bond acceptors (Lipinski definition) is 3. The summed E-state index contributed by atoms with van der Waals surface area (Å²) in [6.07, 6.45) is 0.818. The fraction of sp³-hybridized carbons (Fsp3) is 0.364. The SMILES string of the molecule is COc1ccc2c(c1)C(=O)N(OC)CC2. The molecule has 1 heterocycles. The maximum absolute atomic E-state index is 11.9. The second-order valence-electron chi connectivity index (χ2n) is 3.36. The van der Waals surface area contributed by atoms with Crippen LogP contribution in [0.15, 0.2) is 18.2 Å². The zero-order chi connectivity index (χ0) is 10.8. The minimum atomic E-state index is -0.0994. The number of hydrogen-bond donors (Lipinski definition) is 0. The highest BCUT2D eigenvalue weighted by molar-refractivity contribution is 5.96. The fourth-order valence-corrected chi connectivity index (χ4v) is 1.73. The van der Waals surface area contributed by atoms with E-state index in [0.29, 0.717) is 17.9 Å². The van der Waals surface area contributed by atoms with Crippen molar-refractivity contribution in [2.45, 2.75) is 6.42 Å². The molecule has 4 nitrogen and oxygen atoms in total. The van der Waals surface area contributed by atoms with Gasteiger partial charge in [0.1, 0.15) is 5.75 Å². The summed E-state index contributed by atoms with van der Waals surface area (Å²) in [4.78, 5) is 16.8. The third kappa shape index (κ3) is 1.68. The van der Waals surface area contributed by atoms with E-state index < -0.39 is 0 Å². The van der Waals surface area contributed by atoms with Crippen molar-refractivity contribution in [3.8, 4) is 5.75 Å². The van der Waals surface area contributed by atoms with E-state index in [0.717, 1.165) is 12.0 Å². The Bertz CT molecular complexity index is 389. The third-order valence-electron chi connectivity index (χ3n) is 2.58. The average molecular weight is 207 g/mol. The fourth-order valence-electron chi connectivity index (χ4n) is 1.73. The summed E-state index contributed by atoms with van der Waals surface area (Å²) < 4.78 is 5.09. The van der Waals surface area contributed by atoms with Gasteiger partial charge in [-0.3, -0.25) is 9.63 Å². The molecule has 4 heteroatoms. The lowest BCUT2D eigenvalue weighted by molar-refractivity contribution is -0.0967. The number of benzene rings is 1. The largest absolute Gasteiger partial charge is 0.497 e. The van der Waals surface area contributed by atoms with Gasteiger partial charge in [-0.2, -0.15) is 0 Å². The maximum atomic E-state index is 11.9. The highest BCUT2D eigenvalue weighted by Gasteiger charge is 2.24. The lowest BCUT2D eigenvalue weighted by Gasteiger charge is -2.26. The highest BCUT2D eigenvalue weighted by Crippen LogP contribution is 2.23. The number of fused-ring (bicyclic) bond motifs is 1.